The second-order valence-electron chi connectivity index (χ2n) is 10.3. The third-order valence-corrected chi connectivity index (χ3v) is 7.47. The van der Waals surface area contributed by atoms with Crippen LogP contribution in [-0.2, 0) is 0 Å². The Bertz CT molecular complexity index is 1970. The number of hydrogen-bond donors (Lipinski definition) is 2. The molecule has 0 unspecified atom stereocenters. The number of carboxylic acid groups (broad SMARTS) is 1. The minimum atomic E-state index is -1.18. The lowest BCUT2D eigenvalue weighted by Gasteiger charge is -2.30. The van der Waals surface area contributed by atoms with E-state index < -0.39 is 29.1 Å². The molecule has 1 aliphatic rings. The smallest absolute Gasteiger partial charge is 0.337 e. The topological polar surface area (TPSA) is 141 Å². The van der Waals surface area contributed by atoms with Crippen molar-refractivity contribution >= 4 is 28.6 Å². The Morgan fingerprint density at radius 1 is 1.05 bits per heavy atom. The third kappa shape index (κ3) is 4.77. The third-order valence-electron chi connectivity index (χ3n) is 7.47. The molecule has 0 aliphatic heterocycles. The summed E-state index contributed by atoms with van der Waals surface area (Å²) in [5.74, 6) is -2.23. The molecule has 0 saturated heterocycles. The molecule has 6 rings (SSSR count). The van der Waals surface area contributed by atoms with Crippen LogP contribution in [0.25, 0.3) is 22.4 Å². The minimum absolute atomic E-state index is 0.0561. The van der Waals surface area contributed by atoms with Crippen LogP contribution in [0.3, 0.4) is 0 Å². The van der Waals surface area contributed by atoms with Gasteiger partial charge in [0.25, 0.3) is 11.5 Å². The first-order chi connectivity index (χ1) is 19.7. The molecule has 5 aromatic rings. The number of pyridine rings is 2. The van der Waals surface area contributed by atoms with E-state index in [1.54, 1.807) is 10.6 Å². The first-order valence-electron chi connectivity index (χ1n) is 13.1. The zero-order valence-corrected chi connectivity index (χ0v) is 22.0. The van der Waals surface area contributed by atoms with E-state index in [0.29, 0.717) is 37.0 Å². The Balaban J connectivity index is 1.29. The quantitative estimate of drug-likeness (QED) is 0.339. The molecule has 1 amide bonds. The van der Waals surface area contributed by atoms with Crippen LogP contribution in [0.4, 0.5) is 4.39 Å². The number of rotatable bonds is 5. The van der Waals surface area contributed by atoms with Gasteiger partial charge in [-0.1, -0.05) is 12.1 Å². The Kier molecular flexibility index (Phi) is 6.45. The van der Waals surface area contributed by atoms with Crippen LogP contribution in [0.2, 0.25) is 0 Å². The summed E-state index contributed by atoms with van der Waals surface area (Å²) in [5, 5.41) is 12.4. The lowest BCUT2D eigenvalue weighted by atomic mass is 9.90. The number of amides is 1. The average Bonchev–Trinajstić information content (AvgIpc) is 3.38. The van der Waals surface area contributed by atoms with Crippen molar-refractivity contribution in [2.24, 2.45) is 0 Å². The number of hydrogen-bond acceptors (Lipinski definition) is 6. The first-order valence-corrected chi connectivity index (χ1v) is 13.1. The van der Waals surface area contributed by atoms with Gasteiger partial charge >= 0.3 is 11.7 Å². The van der Waals surface area contributed by atoms with Gasteiger partial charge in [-0.25, -0.2) is 28.5 Å². The number of halogens is 1. The van der Waals surface area contributed by atoms with Crippen LogP contribution >= 0.6 is 0 Å². The largest absolute Gasteiger partial charge is 0.478 e. The molecule has 208 valence electrons. The standard InChI is InChI=1S/C29H25FN6O5/c1-16-5-10-24-33-23(15-34(24)14-16)26(37)32-19-6-8-20(9-7-19)36-27(38)22-12-18(30)13-31-25(22)35(29(36)41)21-4-2-3-17(11-21)28(39)40/h2-5,10-15,19-20H,6-9H2,1H3,(H,32,37)(H,39,40)/t19-,20+. The van der Waals surface area contributed by atoms with Crippen LogP contribution < -0.4 is 16.6 Å². The maximum atomic E-state index is 14.2. The summed E-state index contributed by atoms with van der Waals surface area (Å²) >= 11 is 0. The van der Waals surface area contributed by atoms with Gasteiger partial charge in [-0.15, -0.1) is 0 Å². The molecule has 41 heavy (non-hydrogen) atoms. The lowest BCUT2D eigenvalue weighted by Crippen LogP contribution is -2.45. The normalized spacial score (nSPS) is 17.1. The van der Waals surface area contributed by atoms with Gasteiger partial charge in [-0.05, 0) is 68.5 Å². The van der Waals surface area contributed by atoms with Gasteiger partial charge in [0.1, 0.15) is 17.2 Å². The summed E-state index contributed by atoms with van der Waals surface area (Å²) in [5.41, 5.74) is 0.697. The fourth-order valence-corrected chi connectivity index (χ4v) is 5.47. The van der Waals surface area contributed by atoms with Crippen molar-refractivity contribution in [3.63, 3.8) is 0 Å². The molecule has 1 saturated carbocycles. The summed E-state index contributed by atoms with van der Waals surface area (Å²) in [7, 11) is 0. The maximum Gasteiger partial charge on any atom is 0.337 e. The Hall–Kier alpha value is -5.13. The fourth-order valence-electron chi connectivity index (χ4n) is 5.47. The van der Waals surface area contributed by atoms with E-state index in [-0.39, 0.29) is 34.2 Å². The summed E-state index contributed by atoms with van der Waals surface area (Å²) in [6.45, 7) is 1.95. The van der Waals surface area contributed by atoms with Gasteiger partial charge < -0.3 is 14.8 Å². The number of aryl methyl sites for hydroxylation is 1. The van der Waals surface area contributed by atoms with Crippen molar-refractivity contribution < 1.29 is 19.1 Å². The monoisotopic (exact) mass is 556 g/mol. The molecule has 12 heteroatoms. The molecule has 2 N–H and O–H groups in total. The number of carbonyl (C=O) groups excluding carboxylic acids is 1. The molecule has 1 aromatic carbocycles. The highest BCUT2D eigenvalue weighted by Crippen LogP contribution is 2.28. The number of nitrogens with one attached hydrogen (secondary N) is 1. The molecule has 0 spiro atoms. The summed E-state index contributed by atoms with van der Waals surface area (Å²) in [6.07, 6.45) is 6.29. The Morgan fingerprint density at radius 3 is 2.59 bits per heavy atom. The second-order valence-corrected chi connectivity index (χ2v) is 10.3. The van der Waals surface area contributed by atoms with Crippen molar-refractivity contribution in [3.05, 3.63) is 105 Å². The van der Waals surface area contributed by atoms with E-state index in [1.807, 2.05) is 25.3 Å². The zero-order chi connectivity index (χ0) is 28.8. The van der Waals surface area contributed by atoms with Crippen LogP contribution in [0.15, 0.2) is 70.6 Å². The van der Waals surface area contributed by atoms with E-state index in [2.05, 4.69) is 15.3 Å². The minimum Gasteiger partial charge on any atom is -0.478 e. The molecular weight excluding hydrogens is 531 g/mol. The Labute approximate surface area is 231 Å². The van der Waals surface area contributed by atoms with Crippen molar-refractivity contribution in [2.45, 2.75) is 44.7 Å². The number of imidazole rings is 1. The number of fused-ring (bicyclic) bond motifs is 2. The average molecular weight is 557 g/mol. The second kappa shape index (κ2) is 10.1. The summed E-state index contributed by atoms with van der Waals surface area (Å²) in [6, 6.07) is 9.78. The highest BCUT2D eigenvalue weighted by Gasteiger charge is 2.28. The van der Waals surface area contributed by atoms with Crippen molar-refractivity contribution in [1.82, 2.24) is 28.8 Å². The van der Waals surface area contributed by atoms with Crippen LogP contribution in [0, 0.1) is 12.7 Å². The lowest BCUT2D eigenvalue weighted by molar-refractivity contribution is 0.0696. The predicted molar refractivity (Wildman–Crippen MR) is 147 cm³/mol. The molecule has 1 fully saturated rings. The van der Waals surface area contributed by atoms with E-state index in [0.717, 1.165) is 27.0 Å². The van der Waals surface area contributed by atoms with E-state index >= 15 is 0 Å². The van der Waals surface area contributed by atoms with E-state index in [4.69, 9.17) is 0 Å². The SMILES string of the molecule is Cc1ccc2nc(C(=O)N[C@H]3CC[C@@H](n4c(=O)c5cc(F)cnc5n(-c5cccc(C(=O)O)c5)c4=O)CC3)cn2c1. The molecule has 4 heterocycles. The number of carbonyl (C=O) groups is 2. The molecule has 0 radical (unpaired) electrons. The number of carboxylic acids is 1. The van der Waals surface area contributed by atoms with E-state index in [9.17, 15) is 28.7 Å². The zero-order valence-electron chi connectivity index (χ0n) is 22.0. The Morgan fingerprint density at radius 2 is 1.83 bits per heavy atom. The molecule has 11 nitrogen and oxygen atoms in total. The predicted octanol–water partition coefficient (Wildman–Crippen LogP) is 3.25. The molecular formula is C29H25FN6O5. The molecule has 1 aliphatic carbocycles. The number of nitrogens with zero attached hydrogens (tertiary/aromatic N) is 5. The van der Waals surface area contributed by atoms with Crippen LogP contribution in [-0.4, -0.2) is 46.5 Å². The van der Waals surface area contributed by atoms with Crippen LogP contribution in [0.1, 0.15) is 58.1 Å². The fraction of sp³-hybridized carbons (Fsp3) is 0.241. The van der Waals surface area contributed by atoms with Gasteiger partial charge in [-0.3, -0.25) is 14.2 Å². The number of aromatic nitrogens is 5. The van der Waals surface area contributed by atoms with Gasteiger partial charge in [0.2, 0.25) is 0 Å². The van der Waals surface area contributed by atoms with Gasteiger partial charge in [0.05, 0.1) is 22.8 Å². The van der Waals surface area contributed by atoms with Gasteiger partial charge in [-0.2, -0.15) is 0 Å². The number of benzene rings is 1. The summed E-state index contributed by atoms with van der Waals surface area (Å²) < 4.78 is 18.2. The van der Waals surface area contributed by atoms with Crippen molar-refractivity contribution in [2.75, 3.05) is 0 Å². The maximum absolute atomic E-state index is 14.2. The van der Waals surface area contributed by atoms with Crippen molar-refractivity contribution in [3.8, 4) is 5.69 Å². The highest BCUT2D eigenvalue weighted by atomic mass is 19.1. The van der Waals surface area contributed by atoms with Gasteiger partial charge in [0, 0.05) is 24.5 Å². The van der Waals surface area contributed by atoms with Crippen molar-refractivity contribution in [1.29, 1.82) is 0 Å². The van der Waals surface area contributed by atoms with E-state index in [1.165, 1.54) is 24.3 Å². The molecule has 0 bridgehead atoms. The first kappa shape index (κ1) is 26.1. The van der Waals surface area contributed by atoms with Crippen LogP contribution in [0.5, 0.6) is 0 Å². The molecule has 0 atom stereocenters. The number of aromatic carboxylic acids is 1. The van der Waals surface area contributed by atoms with Gasteiger partial charge in [0.15, 0.2) is 5.65 Å². The summed E-state index contributed by atoms with van der Waals surface area (Å²) in [4.78, 5) is 60.1. The molecule has 4 aromatic heterocycles. The highest BCUT2D eigenvalue weighted by molar-refractivity contribution is 5.93.